The minimum absolute atomic E-state index is 0. The molecule has 0 aliphatic carbocycles. The molecule has 0 atom stereocenters. The van der Waals surface area contributed by atoms with Crippen molar-refractivity contribution in [3.63, 3.8) is 0 Å². The third-order valence-corrected chi connectivity index (χ3v) is 0. The maximum atomic E-state index is 8.67. The van der Waals surface area contributed by atoms with Crippen molar-refractivity contribution in [1.82, 2.24) is 0 Å². The molecule has 0 fully saturated rings. The first-order chi connectivity index (χ1) is 10.4. The maximum absolute atomic E-state index is 8.67. The van der Waals surface area contributed by atoms with E-state index in [4.69, 9.17) is 59.4 Å². The number of hydrogen-bond donors (Lipinski definition) is 6. The summed E-state index contributed by atoms with van der Waals surface area (Å²) in [5.74, 6) is 0. The van der Waals surface area contributed by atoms with Crippen LogP contribution in [0, 0.1) is 7.43 Å². The van der Waals surface area contributed by atoms with Gasteiger partial charge in [-0.3, -0.25) is 0 Å². The van der Waals surface area contributed by atoms with E-state index in [-0.39, 0.29) is 28.5 Å². The van der Waals surface area contributed by atoms with E-state index >= 15 is 0 Å². The van der Waals surface area contributed by atoms with Crippen molar-refractivity contribution in [3.05, 3.63) is 7.43 Å². The Balaban J connectivity index is -0.0000000245. The molecule has 0 radical (unpaired) electrons. The Morgan fingerprint density at radius 1 is 0.385 bits per heavy atom. The Morgan fingerprint density at radius 3 is 0.385 bits per heavy atom. The van der Waals surface area contributed by atoms with E-state index in [1.165, 1.54) is 0 Å². The van der Waals surface area contributed by atoms with E-state index in [9.17, 15) is 0 Å². The molecule has 0 bridgehead atoms. The monoisotopic (exact) mass is 567 g/mol. The molecule has 0 aliphatic rings. The standard InChI is InChI=1S/6CH3NO2.C.Pt/c6*2-1(3)4;;/h6*2H2,(H,3,4);;/q;;;;;;+4;+2/p-6. The zero-order valence-electron chi connectivity index (χ0n) is 12.2. The minimum Gasteiger partial charge on any atom is -0.530 e. The van der Waals surface area contributed by atoms with Crippen LogP contribution < -0.4 is 65.0 Å². The topological polar surface area (TPSA) is 397 Å². The number of rotatable bonds is 0. The average molecular weight is 567 g/mol. The Hall–Kier alpha value is -3.69. The second-order valence-corrected chi connectivity index (χ2v) is 1.91. The fraction of sp³-hybridized carbons (Fsp3) is 0. The number of primary amides is 6. The summed E-state index contributed by atoms with van der Waals surface area (Å²) in [5.41, 5.74) is 23.5. The molecule has 18 nitrogen and oxygen atoms in total. The van der Waals surface area contributed by atoms with Crippen LogP contribution in [0.15, 0.2) is 0 Å². The summed E-state index contributed by atoms with van der Waals surface area (Å²) in [7, 11) is 0. The third-order valence-electron chi connectivity index (χ3n) is 0. The van der Waals surface area contributed by atoms with Gasteiger partial charge in [-0.1, -0.05) is 0 Å². The van der Waals surface area contributed by atoms with Crippen LogP contribution in [0.1, 0.15) is 0 Å². The van der Waals surface area contributed by atoms with Crippen LogP contribution in [-0.4, -0.2) is 36.6 Å². The van der Waals surface area contributed by atoms with Crippen LogP contribution in [0.2, 0.25) is 0 Å². The van der Waals surface area contributed by atoms with Crippen molar-refractivity contribution >= 4 is 36.6 Å². The van der Waals surface area contributed by atoms with Gasteiger partial charge >= 0.3 is 28.5 Å². The van der Waals surface area contributed by atoms with E-state index in [0.29, 0.717) is 0 Å². The van der Waals surface area contributed by atoms with Crippen LogP contribution >= 0.6 is 0 Å². The predicted octanol–water partition coefficient (Wildman–Crippen LogP) is -10.2. The van der Waals surface area contributed by atoms with E-state index < -0.39 is 36.6 Å². The Kier molecular flexibility index (Phi) is 81.7. The third kappa shape index (κ3) is 556. The molecule has 0 aromatic carbocycles. The van der Waals surface area contributed by atoms with E-state index in [0.717, 1.165) is 0 Å². The smallest absolute Gasteiger partial charge is 0.530 e. The van der Waals surface area contributed by atoms with Crippen molar-refractivity contribution in [2.75, 3.05) is 0 Å². The molecule has 6 amide bonds. The van der Waals surface area contributed by atoms with Gasteiger partial charge in [0.05, 0.1) is 0 Å². The van der Waals surface area contributed by atoms with Crippen molar-refractivity contribution in [3.8, 4) is 0 Å². The minimum atomic E-state index is -1.58. The summed E-state index contributed by atoms with van der Waals surface area (Å²) < 4.78 is 0. The SMILES string of the molecule is NC(=O)[O-].NC(=O)[O-].NC(=O)[O-].NC(=O)[O-].NC(=O)[O-].NC(=O)[O-].[C+4].[Pt+2]. The molecule has 12 N–H and O–H groups in total. The summed E-state index contributed by atoms with van der Waals surface area (Å²) in [4.78, 5) is 52.0. The van der Waals surface area contributed by atoms with Gasteiger partial charge in [0.1, 0.15) is 36.6 Å². The Bertz CT molecular complexity index is 275. The molecule has 152 valence electrons. The molecule has 0 saturated carbocycles. The number of carbonyl (C=O) groups excluding carboxylic acids is 6. The Morgan fingerprint density at radius 2 is 0.385 bits per heavy atom. The predicted molar refractivity (Wildman–Crippen MR) is 60.7 cm³/mol. The summed E-state index contributed by atoms with van der Waals surface area (Å²) in [5, 5.41) is 52.0. The molecular formula is C7H12N6O12Pt. The molecule has 0 saturated heterocycles. The zero-order valence-corrected chi connectivity index (χ0v) is 14.5. The molecular weight excluding hydrogens is 555 g/mol. The second kappa shape index (κ2) is 42.9. The summed E-state index contributed by atoms with van der Waals surface area (Å²) >= 11 is 0. The average Bonchev–Trinajstić information content (AvgIpc) is 2.08. The Labute approximate surface area is 159 Å². The molecule has 0 aliphatic heterocycles. The first-order valence-electron chi connectivity index (χ1n) is 4.18. The first kappa shape index (κ1) is 49.5. The first-order valence-corrected chi connectivity index (χ1v) is 4.18. The molecule has 0 spiro atoms. The molecule has 0 unspecified atom stereocenters. The van der Waals surface area contributed by atoms with E-state index in [2.05, 4.69) is 34.4 Å². The van der Waals surface area contributed by atoms with Gasteiger partial charge in [-0.2, -0.15) is 0 Å². The zero-order chi connectivity index (χ0) is 21.5. The van der Waals surface area contributed by atoms with Crippen LogP contribution in [0.3, 0.4) is 0 Å². The maximum Gasteiger partial charge on any atom is 4.00 e. The number of hydrogen-bond acceptors (Lipinski definition) is 12. The fourth-order valence-corrected chi connectivity index (χ4v) is 0. The molecule has 0 aromatic rings. The second-order valence-electron chi connectivity index (χ2n) is 1.91. The van der Waals surface area contributed by atoms with Gasteiger partial charge in [-0.05, 0) is 0 Å². The van der Waals surface area contributed by atoms with Crippen molar-refractivity contribution in [2.24, 2.45) is 34.4 Å². The number of carbonyl (C=O) groups is 6. The van der Waals surface area contributed by atoms with E-state index in [1.807, 2.05) is 0 Å². The van der Waals surface area contributed by atoms with Crippen LogP contribution in [0.4, 0.5) is 28.8 Å². The van der Waals surface area contributed by atoms with Crippen LogP contribution in [-0.2, 0) is 21.1 Å². The summed E-state index contributed by atoms with van der Waals surface area (Å²) in [6, 6.07) is 0. The van der Waals surface area contributed by atoms with Gasteiger partial charge in [0.15, 0.2) is 0 Å². The summed E-state index contributed by atoms with van der Waals surface area (Å²) in [6.07, 6.45) is -9.50. The number of nitrogens with two attached hydrogens (primary N) is 6. The molecule has 0 aromatic heterocycles. The van der Waals surface area contributed by atoms with Gasteiger partial charge in [-0.25, -0.2) is 0 Å². The number of amides is 6. The van der Waals surface area contributed by atoms with Crippen LogP contribution in [0.5, 0.6) is 0 Å². The molecule has 0 heterocycles. The molecule has 26 heavy (non-hydrogen) atoms. The van der Waals surface area contributed by atoms with Crippen molar-refractivity contribution < 1.29 is 80.5 Å². The van der Waals surface area contributed by atoms with E-state index in [1.54, 1.807) is 0 Å². The van der Waals surface area contributed by atoms with Gasteiger partial charge in [0, 0.05) is 0 Å². The van der Waals surface area contributed by atoms with Gasteiger partial charge in [0.2, 0.25) is 0 Å². The fourth-order valence-electron chi connectivity index (χ4n) is 0. The van der Waals surface area contributed by atoms with Crippen molar-refractivity contribution in [2.45, 2.75) is 0 Å². The van der Waals surface area contributed by atoms with Crippen LogP contribution in [0.25, 0.3) is 0 Å². The summed E-state index contributed by atoms with van der Waals surface area (Å²) in [6.45, 7) is 0. The van der Waals surface area contributed by atoms with Gasteiger partial charge in [-0.15, -0.1) is 0 Å². The largest absolute Gasteiger partial charge is 4.00 e. The van der Waals surface area contributed by atoms with Crippen molar-refractivity contribution in [1.29, 1.82) is 0 Å². The number of carboxylic acid groups (broad SMARTS) is 6. The van der Waals surface area contributed by atoms with Gasteiger partial charge < -0.3 is 93.8 Å². The van der Waals surface area contributed by atoms with Gasteiger partial charge in [0.25, 0.3) is 0 Å². The molecule has 19 heteroatoms. The molecule has 0 rings (SSSR count). The quantitative estimate of drug-likeness (QED) is 0.159. The normalized spacial score (nSPS) is 5.54.